The third-order valence-corrected chi connectivity index (χ3v) is 6.89. The summed E-state index contributed by atoms with van der Waals surface area (Å²) in [5.74, 6) is -0.333. The second-order valence-electron chi connectivity index (χ2n) is 7.97. The number of benzene rings is 1. The van der Waals surface area contributed by atoms with Gasteiger partial charge in [0.05, 0.1) is 5.69 Å². The predicted octanol–water partition coefficient (Wildman–Crippen LogP) is 1.59. The molecule has 0 radical (unpaired) electrons. The minimum absolute atomic E-state index is 0.145. The van der Waals surface area contributed by atoms with Crippen molar-refractivity contribution in [1.82, 2.24) is 20.5 Å². The zero-order chi connectivity index (χ0) is 20.7. The van der Waals surface area contributed by atoms with E-state index >= 15 is 0 Å². The van der Waals surface area contributed by atoms with E-state index in [2.05, 4.69) is 21.3 Å². The van der Waals surface area contributed by atoms with Crippen LogP contribution in [-0.2, 0) is 22.7 Å². The van der Waals surface area contributed by atoms with Crippen molar-refractivity contribution in [2.45, 2.75) is 44.3 Å². The summed E-state index contributed by atoms with van der Waals surface area (Å²) in [6.07, 6.45) is 1.74. The van der Waals surface area contributed by atoms with Crippen LogP contribution in [-0.4, -0.2) is 46.7 Å². The molecule has 0 bridgehead atoms. The van der Waals surface area contributed by atoms with Crippen molar-refractivity contribution in [2.24, 2.45) is 0 Å². The fourth-order valence-corrected chi connectivity index (χ4v) is 5.26. The van der Waals surface area contributed by atoms with E-state index in [1.54, 1.807) is 16.2 Å². The first-order valence-corrected chi connectivity index (χ1v) is 11.1. The molecule has 1 aromatic heterocycles. The highest BCUT2D eigenvalue weighted by Crippen LogP contribution is 2.31. The maximum atomic E-state index is 13.1. The molecule has 156 valence electrons. The van der Waals surface area contributed by atoms with Gasteiger partial charge < -0.3 is 15.5 Å². The van der Waals surface area contributed by atoms with Crippen molar-refractivity contribution in [3.8, 4) is 0 Å². The van der Waals surface area contributed by atoms with Gasteiger partial charge in [-0.2, -0.15) is 0 Å². The first-order valence-electron chi connectivity index (χ1n) is 10.3. The van der Waals surface area contributed by atoms with Crippen molar-refractivity contribution >= 4 is 34.2 Å². The number of hydrogen-bond donors (Lipinski definition) is 3. The molecule has 4 heterocycles. The Kier molecular flexibility index (Phi) is 5.00. The Labute approximate surface area is 178 Å². The van der Waals surface area contributed by atoms with Gasteiger partial charge in [-0.3, -0.25) is 19.7 Å². The molecule has 3 amide bonds. The van der Waals surface area contributed by atoms with Gasteiger partial charge in [0.25, 0.3) is 5.91 Å². The quantitative estimate of drug-likeness (QED) is 0.629. The number of imide groups is 1. The summed E-state index contributed by atoms with van der Waals surface area (Å²) in [5, 5.41) is 12.0. The van der Waals surface area contributed by atoms with Crippen LogP contribution in [0.1, 0.15) is 52.4 Å². The summed E-state index contributed by atoms with van der Waals surface area (Å²) in [6, 6.07) is 5.21. The highest BCUT2D eigenvalue weighted by Gasteiger charge is 2.39. The topological polar surface area (TPSA) is 103 Å². The molecule has 3 aliphatic rings. The van der Waals surface area contributed by atoms with Crippen molar-refractivity contribution in [1.29, 1.82) is 0 Å². The number of hydrogen-bond acceptors (Lipinski definition) is 7. The fraction of sp³-hybridized carbons (Fsp3) is 0.429. The van der Waals surface area contributed by atoms with Gasteiger partial charge in [0.1, 0.15) is 6.04 Å². The molecule has 2 fully saturated rings. The summed E-state index contributed by atoms with van der Waals surface area (Å²) in [4.78, 5) is 43.1. The number of carbonyl (C=O) groups excluding carboxylic acids is 3. The smallest absolute Gasteiger partial charge is 0.255 e. The fourth-order valence-electron chi connectivity index (χ4n) is 4.47. The maximum absolute atomic E-state index is 13.1. The van der Waals surface area contributed by atoms with Crippen LogP contribution in [0.3, 0.4) is 0 Å². The van der Waals surface area contributed by atoms with E-state index in [1.165, 1.54) is 0 Å². The van der Waals surface area contributed by atoms with Crippen LogP contribution >= 0.6 is 11.3 Å². The summed E-state index contributed by atoms with van der Waals surface area (Å²) in [5.41, 5.74) is 3.59. The lowest BCUT2D eigenvalue weighted by molar-refractivity contribution is -0.136. The zero-order valence-electron chi connectivity index (χ0n) is 16.4. The third-order valence-electron chi connectivity index (χ3n) is 6.07. The highest BCUT2D eigenvalue weighted by molar-refractivity contribution is 7.13. The van der Waals surface area contributed by atoms with Crippen molar-refractivity contribution in [2.75, 3.05) is 18.4 Å². The SMILES string of the molecule is O=C1CCC(N2Cc3cccc(CNc4nc(C5CCNC5)cs4)c3C2=O)C(=O)N1. The molecule has 2 atom stereocenters. The van der Waals surface area contributed by atoms with Gasteiger partial charge in [0, 0.05) is 42.9 Å². The van der Waals surface area contributed by atoms with Gasteiger partial charge in [-0.05, 0) is 30.5 Å². The van der Waals surface area contributed by atoms with Crippen LogP contribution < -0.4 is 16.0 Å². The molecule has 0 saturated carbocycles. The summed E-state index contributed by atoms with van der Waals surface area (Å²) < 4.78 is 0. The second kappa shape index (κ2) is 7.81. The lowest BCUT2D eigenvalue weighted by atomic mass is 10.0. The van der Waals surface area contributed by atoms with E-state index in [-0.39, 0.29) is 24.1 Å². The van der Waals surface area contributed by atoms with Gasteiger partial charge in [-0.1, -0.05) is 18.2 Å². The molecular formula is C21H23N5O3S. The van der Waals surface area contributed by atoms with Crippen LogP contribution in [0, 0.1) is 0 Å². The molecule has 2 saturated heterocycles. The predicted molar refractivity (Wildman–Crippen MR) is 112 cm³/mol. The number of fused-ring (bicyclic) bond motifs is 1. The Bertz CT molecular complexity index is 1010. The summed E-state index contributed by atoms with van der Waals surface area (Å²) >= 11 is 1.58. The first-order chi connectivity index (χ1) is 14.6. The van der Waals surface area contributed by atoms with E-state index < -0.39 is 6.04 Å². The number of aromatic nitrogens is 1. The van der Waals surface area contributed by atoms with Crippen LogP contribution in [0.5, 0.6) is 0 Å². The summed E-state index contributed by atoms with van der Waals surface area (Å²) in [7, 11) is 0. The molecule has 8 nitrogen and oxygen atoms in total. The molecule has 0 aliphatic carbocycles. The number of rotatable bonds is 5. The zero-order valence-corrected chi connectivity index (χ0v) is 17.3. The third kappa shape index (κ3) is 3.48. The van der Waals surface area contributed by atoms with Crippen LogP contribution in [0.25, 0.3) is 0 Å². The Morgan fingerprint density at radius 2 is 2.13 bits per heavy atom. The lowest BCUT2D eigenvalue weighted by Crippen LogP contribution is -2.52. The number of thiazole rings is 1. The van der Waals surface area contributed by atoms with Gasteiger partial charge in [0.2, 0.25) is 11.8 Å². The molecule has 0 spiro atoms. The van der Waals surface area contributed by atoms with Crippen molar-refractivity contribution in [3.05, 3.63) is 46.0 Å². The van der Waals surface area contributed by atoms with Gasteiger partial charge in [-0.15, -0.1) is 11.3 Å². The molecule has 5 rings (SSSR count). The molecular weight excluding hydrogens is 402 g/mol. The molecule has 2 aromatic rings. The van der Waals surface area contributed by atoms with Gasteiger partial charge in [0.15, 0.2) is 5.13 Å². The Morgan fingerprint density at radius 1 is 1.23 bits per heavy atom. The average molecular weight is 426 g/mol. The van der Waals surface area contributed by atoms with E-state index in [0.717, 1.165) is 41.5 Å². The van der Waals surface area contributed by atoms with E-state index in [1.807, 2.05) is 18.2 Å². The number of amides is 3. The van der Waals surface area contributed by atoms with E-state index in [9.17, 15) is 14.4 Å². The standard InChI is InChI=1S/C21H23N5O3S/c27-17-5-4-16(19(28)25-17)26-10-14-3-1-2-13(18(14)20(26)29)9-23-21-24-15(11-30-21)12-6-7-22-8-12/h1-3,11-12,16,22H,4-10H2,(H,23,24)(H,25,27,28). The maximum Gasteiger partial charge on any atom is 0.255 e. The number of piperidine rings is 1. The van der Waals surface area contributed by atoms with Gasteiger partial charge in [-0.25, -0.2) is 4.98 Å². The van der Waals surface area contributed by atoms with Crippen LogP contribution in [0.15, 0.2) is 23.6 Å². The number of anilines is 1. The Hall–Kier alpha value is -2.78. The molecule has 30 heavy (non-hydrogen) atoms. The Morgan fingerprint density at radius 3 is 2.93 bits per heavy atom. The first kappa shape index (κ1) is 19.2. The van der Waals surface area contributed by atoms with E-state index in [4.69, 9.17) is 4.98 Å². The Balaban J connectivity index is 1.30. The highest BCUT2D eigenvalue weighted by atomic mass is 32.1. The minimum Gasteiger partial charge on any atom is -0.357 e. The minimum atomic E-state index is -0.593. The summed E-state index contributed by atoms with van der Waals surface area (Å²) in [6.45, 7) is 2.89. The molecule has 1 aromatic carbocycles. The van der Waals surface area contributed by atoms with Crippen LogP contribution in [0.4, 0.5) is 5.13 Å². The van der Waals surface area contributed by atoms with Crippen molar-refractivity contribution < 1.29 is 14.4 Å². The van der Waals surface area contributed by atoms with Crippen molar-refractivity contribution in [3.63, 3.8) is 0 Å². The normalized spacial score (nSPS) is 23.6. The number of nitrogens with zero attached hydrogens (tertiary/aromatic N) is 2. The molecule has 3 N–H and O–H groups in total. The van der Waals surface area contributed by atoms with E-state index in [0.29, 0.717) is 31.0 Å². The number of nitrogens with one attached hydrogen (secondary N) is 3. The largest absolute Gasteiger partial charge is 0.357 e. The molecule has 9 heteroatoms. The lowest BCUT2D eigenvalue weighted by Gasteiger charge is -2.29. The average Bonchev–Trinajstić information content (AvgIpc) is 3.47. The molecule has 2 unspecified atom stereocenters. The monoisotopic (exact) mass is 425 g/mol. The van der Waals surface area contributed by atoms with Gasteiger partial charge >= 0.3 is 0 Å². The van der Waals surface area contributed by atoms with Crippen LogP contribution in [0.2, 0.25) is 0 Å². The number of carbonyl (C=O) groups is 3. The second-order valence-corrected chi connectivity index (χ2v) is 8.83. The molecule has 3 aliphatic heterocycles.